The SMILES string of the molecule is Cc1ccc(C(=O)NC(CCl)C(C)C)c(Br)c1. The predicted molar refractivity (Wildman–Crippen MR) is 75.7 cm³/mol. The summed E-state index contributed by atoms with van der Waals surface area (Å²) >= 11 is 9.24. The van der Waals surface area contributed by atoms with Gasteiger partial charge in [-0.25, -0.2) is 0 Å². The smallest absolute Gasteiger partial charge is 0.252 e. The van der Waals surface area contributed by atoms with E-state index in [0.29, 0.717) is 17.4 Å². The minimum absolute atomic E-state index is 0.00244. The van der Waals surface area contributed by atoms with Crippen LogP contribution in [0, 0.1) is 12.8 Å². The molecule has 0 aliphatic rings. The van der Waals surface area contributed by atoms with Crippen LogP contribution in [0.2, 0.25) is 0 Å². The molecule has 2 nitrogen and oxygen atoms in total. The maximum absolute atomic E-state index is 12.1. The summed E-state index contributed by atoms with van der Waals surface area (Å²) in [5.41, 5.74) is 1.76. The van der Waals surface area contributed by atoms with Gasteiger partial charge in [-0.2, -0.15) is 0 Å². The fraction of sp³-hybridized carbons (Fsp3) is 0.462. The predicted octanol–water partition coefficient (Wildman–Crippen LogP) is 3.75. The lowest BCUT2D eigenvalue weighted by atomic mass is 10.1. The number of carbonyl (C=O) groups excluding carboxylic acids is 1. The van der Waals surface area contributed by atoms with Crippen LogP contribution >= 0.6 is 27.5 Å². The number of hydrogen-bond donors (Lipinski definition) is 1. The first-order chi connectivity index (χ1) is 7.95. The molecule has 0 fully saturated rings. The van der Waals surface area contributed by atoms with Gasteiger partial charge >= 0.3 is 0 Å². The van der Waals surface area contributed by atoms with E-state index in [2.05, 4.69) is 21.2 Å². The number of benzene rings is 1. The van der Waals surface area contributed by atoms with E-state index in [1.54, 1.807) is 0 Å². The maximum atomic E-state index is 12.1. The van der Waals surface area contributed by atoms with E-state index in [9.17, 15) is 4.79 Å². The van der Waals surface area contributed by atoms with Crippen LogP contribution in [0.15, 0.2) is 22.7 Å². The van der Waals surface area contributed by atoms with E-state index in [0.717, 1.165) is 10.0 Å². The normalized spacial score (nSPS) is 12.6. The Morgan fingerprint density at radius 1 is 1.47 bits per heavy atom. The first-order valence-electron chi connectivity index (χ1n) is 5.58. The van der Waals surface area contributed by atoms with Gasteiger partial charge in [0.1, 0.15) is 0 Å². The lowest BCUT2D eigenvalue weighted by Crippen LogP contribution is -2.40. The summed E-state index contributed by atoms with van der Waals surface area (Å²) in [6.07, 6.45) is 0. The van der Waals surface area contributed by atoms with Crippen molar-refractivity contribution in [1.82, 2.24) is 5.32 Å². The summed E-state index contributed by atoms with van der Waals surface area (Å²) in [5.74, 6) is 0.657. The van der Waals surface area contributed by atoms with Gasteiger partial charge in [-0.3, -0.25) is 4.79 Å². The summed E-state index contributed by atoms with van der Waals surface area (Å²) in [5, 5.41) is 2.94. The van der Waals surface area contributed by atoms with Gasteiger partial charge in [0.25, 0.3) is 5.91 Å². The van der Waals surface area contributed by atoms with Gasteiger partial charge in [0.05, 0.1) is 5.56 Å². The van der Waals surface area contributed by atoms with Crippen molar-refractivity contribution >= 4 is 33.4 Å². The van der Waals surface area contributed by atoms with Crippen molar-refractivity contribution in [2.45, 2.75) is 26.8 Å². The zero-order chi connectivity index (χ0) is 13.0. The van der Waals surface area contributed by atoms with Gasteiger partial charge in [0.2, 0.25) is 0 Å². The van der Waals surface area contributed by atoms with Crippen LogP contribution in [0.3, 0.4) is 0 Å². The monoisotopic (exact) mass is 317 g/mol. The summed E-state index contributed by atoms with van der Waals surface area (Å²) in [4.78, 5) is 12.1. The fourth-order valence-electron chi connectivity index (χ4n) is 1.43. The van der Waals surface area contributed by atoms with Gasteiger partial charge in [-0.1, -0.05) is 19.9 Å². The Morgan fingerprint density at radius 2 is 2.12 bits per heavy atom. The van der Waals surface area contributed by atoms with Crippen LogP contribution in [0.5, 0.6) is 0 Å². The topological polar surface area (TPSA) is 29.1 Å². The molecule has 1 aromatic rings. The molecule has 1 unspecified atom stereocenters. The molecule has 17 heavy (non-hydrogen) atoms. The third-order valence-corrected chi connectivity index (χ3v) is 3.65. The molecule has 1 amide bonds. The number of halogens is 2. The van der Waals surface area contributed by atoms with E-state index in [1.807, 2.05) is 39.0 Å². The highest BCUT2D eigenvalue weighted by Gasteiger charge is 2.17. The molecular formula is C13H17BrClNO. The summed E-state index contributed by atoms with van der Waals surface area (Å²) in [7, 11) is 0. The van der Waals surface area contributed by atoms with Crippen LogP contribution in [0.1, 0.15) is 29.8 Å². The minimum atomic E-state index is -0.0868. The molecule has 1 aromatic carbocycles. The first kappa shape index (κ1) is 14.5. The second kappa shape index (κ2) is 6.41. The third-order valence-electron chi connectivity index (χ3n) is 2.66. The van der Waals surface area contributed by atoms with Crippen molar-refractivity contribution in [2.75, 3.05) is 5.88 Å². The van der Waals surface area contributed by atoms with Crippen LogP contribution in [-0.4, -0.2) is 17.8 Å². The molecule has 1 N–H and O–H groups in total. The zero-order valence-corrected chi connectivity index (χ0v) is 12.6. The van der Waals surface area contributed by atoms with E-state index >= 15 is 0 Å². The Kier molecular flexibility index (Phi) is 5.47. The fourth-order valence-corrected chi connectivity index (χ4v) is 2.54. The molecular weight excluding hydrogens is 302 g/mol. The number of amides is 1. The molecule has 4 heteroatoms. The summed E-state index contributed by atoms with van der Waals surface area (Å²) in [6, 6.07) is 5.67. The van der Waals surface area contributed by atoms with Gasteiger partial charge in [-0.15, -0.1) is 11.6 Å². The Hall–Kier alpha value is -0.540. The third kappa shape index (κ3) is 4.00. The van der Waals surface area contributed by atoms with Gasteiger partial charge in [0.15, 0.2) is 0 Å². The van der Waals surface area contributed by atoms with Crippen molar-refractivity contribution in [1.29, 1.82) is 0 Å². The number of aryl methyl sites for hydroxylation is 1. The lowest BCUT2D eigenvalue weighted by molar-refractivity contribution is 0.0930. The highest BCUT2D eigenvalue weighted by molar-refractivity contribution is 9.10. The molecule has 0 radical (unpaired) electrons. The Morgan fingerprint density at radius 3 is 2.59 bits per heavy atom. The van der Waals surface area contributed by atoms with Gasteiger partial charge < -0.3 is 5.32 Å². The Bertz CT molecular complexity index is 406. The Labute approximate surface area is 116 Å². The van der Waals surface area contributed by atoms with Crippen molar-refractivity contribution in [2.24, 2.45) is 5.92 Å². The molecule has 1 atom stereocenters. The molecule has 0 saturated heterocycles. The van der Waals surface area contributed by atoms with Crippen molar-refractivity contribution in [3.8, 4) is 0 Å². The second-order valence-electron chi connectivity index (χ2n) is 4.46. The molecule has 1 rings (SSSR count). The first-order valence-corrected chi connectivity index (χ1v) is 6.91. The number of carbonyl (C=O) groups is 1. The van der Waals surface area contributed by atoms with E-state index in [4.69, 9.17) is 11.6 Å². The van der Waals surface area contributed by atoms with Crippen LogP contribution < -0.4 is 5.32 Å². The average Bonchev–Trinajstić information content (AvgIpc) is 2.24. The van der Waals surface area contributed by atoms with Crippen LogP contribution in [0.4, 0.5) is 0 Å². The van der Waals surface area contributed by atoms with Crippen LogP contribution in [-0.2, 0) is 0 Å². The van der Waals surface area contributed by atoms with Crippen LogP contribution in [0.25, 0.3) is 0 Å². The number of rotatable bonds is 4. The molecule has 0 bridgehead atoms. The summed E-state index contributed by atoms with van der Waals surface area (Å²) in [6.45, 7) is 6.07. The molecule has 0 aromatic heterocycles. The Balaban J connectivity index is 2.82. The van der Waals surface area contributed by atoms with Gasteiger partial charge in [-0.05, 0) is 46.5 Å². The van der Waals surface area contributed by atoms with Crippen molar-refractivity contribution in [3.05, 3.63) is 33.8 Å². The number of hydrogen-bond acceptors (Lipinski definition) is 1. The zero-order valence-electron chi connectivity index (χ0n) is 10.3. The quantitative estimate of drug-likeness (QED) is 0.842. The standard InChI is InChI=1S/C13H17BrClNO/c1-8(2)12(7-15)16-13(17)10-5-4-9(3)6-11(10)14/h4-6,8,12H,7H2,1-3H3,(H,16,17). The molecule has 0 spiro atoms. The second-order valence-corrected chi connectivity index (χ2v) is 5.62. The molecule has 0 heterocycles. The molecule has 0 aliphatic heterocycles. The van der Waals surface area contributed by atoms with E-state index in [1.165, 1.54) is 0 Å². The van der Waals surface area contributed by atoms with E-state index in [-0.39, 0.29) is 11.9 Å². The highest BCUT2D eigenvalue weighted by Crippen LogP contribution is 2.18. The maximum Gasteiger partial charge on any atom is 0.252 e. The number of nitrogens with one attached hydrogen (secondary N) is 1. The van der Waals surface area contributed by atoms with Gasteiger partial charge in [0, 0.05) is 16.4 Å². The molecule has 0 aliphatic carbocycles. The summed E-state index contributed by atoms with van der Waals surface area (Å²) < 4.78 is 0.812. The minimum Gasteiger partial charge on any atom is -0.348 e. The molecule has 94 valence electrons. The molecule has 0 saturated carbocycles. The average molecular weight is 319 g/mol. The lowest BCUT2D eigenvalue weighted by Gasteiger charge is -2.20. The largest absolute Gasteiger partial charge is 0.348 e. The highest BCUT2D eigenvalue weighted by atomic mass is 79.9. The van der Waals surface area contributed by atoms with Crippen molar-refractivity contribution in [3.63, 3.8) is 0 Å². The van der Waals surface area contributed by atoms with Crippen molar-refractivity contribution < 1.29 is 4.79 Å². The van der Waals surface area contributed by atoms with E-state index < -0.39 is 0 Å². The number of alkyl halides is 1.